The van der Waals surface area contributed by atoms with Gasteiger partial charge in [0.25, 0.3) is 0 Å². The van der Waals surface area contributed by atoms with E-state index in [4.69, 9.17) is 32.4 Å². The number of rotatable bonds is 34. The van der Waals surface area contributed by atoms with Crippen LogP contribution in [-0.2, 0) is 77.1 Å². The number of β-amino-alcohol motifs (C(OH)–C–C–N with tert-alkyl or cyclic N) is 2. The molecule has 0 radical (unpaired) electrons. The van der Waals surface area contributed by atoms with Gasteiger partial charge in [0.1, 0.15) is 6.04 Å². The molecule has 2 aliphatic heterocycles. The summed E-state index contributed by atoms with van der Waals surface area (Å²) in [6.07, 6.45) is 6.53. The number of thiazole rings is 2. The Hall–Kier alpha value is -7.32. The largest absolute Gasteiger partial charge is 0.391 e. The van der Waals surface area contributed by atoms with Gasteiger partial charge >= 0.3 is 6.03 Å². The third kappa shape index (κ3) is 28.7. The average molecular weight is 1510 g/mol. The van der Waals surface area contributed by atoms with E-state index in [-0.39, 0.29) is 98.1 Å². The fourth-order valence-electron chi connectivity index (χ4n) is 12.3. The molecule has 10 atom stereocenters. The first-order valence-electron chi connectivity index (χ1n) is 36.7. The molecule has 4 heterocycles. The number of carbonyl (C=O) groups excluding carboxylic acids is 7. The Kier molecular flexibility index (Phi) is 36.1. The molecule has 0 spiro atoms. The molecule has 0 saturated carbocycles. The van der Waals surface area contributed by atoms with E-state index in [1.54, 1.807) is 22.7 Å². The molecule has 105 heavy (non-hydrogen) atoms. The number of ketones is 2. The zero-order valence-corrected chi connectivity index (χ0v) is 66.1. The lowest BCUT2D eigenvalue weighted by Gasteiger charge is -2.35. The molecular formula is C81H117ClN10O11S2. The SMILES string of the molecule is C[C@@H](CCC(N)=O)[C@@H](C)OCc1ccc(CCCN)cc1.Cc1ncsc1-c1ccc(CCC(=O)[C@@H]2C[C@@H](O)CN2C(=O)[C@@H](N)C(C)(C)C)cc1.Cc1ncsc1-c1ccc(CCC(=O)[C@@H]2C[C@@H](O)CN2C(=O)[C@@H](NC(=O)NCCCc2ccc(CO[C@H](C)[C@@H](C)CCC(N)=O)cc2)C(C)(C)C)cc1.Cl. The predicted molar refractivity (Wildman–Crippen MR) is 420 cm³/mol. The molecule has 0 unspecified atom stereocenters. The quantitative estimate of drug-likeness (QED) is 0.0174. The highest BCUT2D eigenvalue weighted by atomic mass is 35.5. The van der Waals surface area contributed by atoms with Crippen LogP contribution in [0.15, 0.2) is 108 Å². The Labute approximate surface area is 636 Å². The number of aliphatic hydroxyl groups excluding tert-OH is 2. The Balaban J connectivity index is 0.000000319. The highest BCUT2D eigenvalue weighted by Crippen LogP contribution is 2.32. The number of ether oxygens (including phenoxy) is 2. The van der Waals surface area contributed by atoms with Crippen molar-refractivity contribution in [2.24, 2.45) is 45.6 Å². The Morgan fingerprint density at radius 1 is 0.552 bits per heavy atom. The fraction of sp³-hybridized carbons (Fsp3) is 0.543. The molecule has 4 aromatic carbocycles. The van der Waals surface area contributed by atoms with Crippen LogP contribution < -0.4 is 33.6 Å². The van der Waals surface area contributed by atoms with Crippen LogP contribution in [0.1, 0.15) is 178 Å². The van der Waals surface area contributed by atoms with Crippen molar-refractivity contribution in [1.82, 2.24) is 30.4 Å². The number of halogens is 1. The van der Waals surface area contributed by atoms with E-state index in [2.05, 4.69) is 83.0 Å². The van der Waals surface area contributed by atoms with Crippen LogP contribution >= 0.6 is 35.1 Å². The van der Waals surface area contributed by atoms with Crippen molar-refractivity contribution in [3.63, 3.8) is 0 Å². The molecule has 576 valence electrons. The summed E-state index contributed by atoms with van der Waals surface area (Å²) in [5, 5.41) is 26.4. The van der Waals surface area contributed by atoms with Gasteiger partial charge in [0.15, 0.2) is 11.6 Å². The lowest BCUT2D eigenvalue weighted by atomic mass is 9.85. The molecule has 2 aromatic heterocycles. The lowest BCUT2D eigenvalue weighted by Crippen LogP contribution is -2.58. The summed E-state index contributed by atoms with van der Waals surface area (Å²) in [4.78, 5) is 102. The van der Waals surface area contributed by atoms with Crippen molar-refractivity contribution >= 4 is 76.3 Å². The third-order valence-electron chi connectivity index (χ3n) is 19.7. The van der Waals surface area contributed by atoms with Crippen LogP contribution in [0, 0.1) is 36.5 Å². The van der Waals surface area contributed by atoms with Crippen LogP contribution in [-0.4, -0.2) is 146 Å². The number of carbonyl (C=O) groups is 7. The molecule has 2 fully saturated rings. The number of nitrogens with zero attached hydrogens (tertiary/aromatic N) is 4. The number of hydrogen-bond donors (Lipinski definition) is 8. The summed E-state index contributed by atoms with van der Waals surface area (Å²) in [6, 6.07) is 29.5. The van der Waals surface area contributed by atoms with Crippen molar-refractivity contribution in [3.8, 4) is 20.9 Å². The minimum atomic E-state index is -0.894. The van der Waals surface area contributed by atoms with E-state index in [0.29, 0.717) is 70.6 Å². The minimum absolute atomic E-state index is 0. The number of aryl methyl sites for hydroxylation is 6. The third-order valence-corrected chi connectivity index (χ3v) is 21.6. The van der Waals surface area contributed by atoms with Crippen molar-refractivity contribution in [3.05, 3.63) is 153 Å². The van der Waals surface area contributed by atoms with Gasteiger partial charge in [-0.3, -0.25) is 28.8 Å². The van der Waals surface area contributed by atoms with E-state index >= 15 is 0 Å². The molecule has 8 rings (SSSR count). The molecule has 21 nitrogen and oxygen atoms in total. The Morgan fingerprint density at radius 2 is 0.924 bits per heavy atom. The van der Waals surface area contributed by atoms with Gasteiger partial charge < -0.3 is 63.1 Å². The number of amides is 6. The van der Waals surface area contributed by atoms with E-state index < -0.39 is 53.2 Å². The number of nitrogens with two attached hydrogens (primary N) is 4. The highest BCUT2D eigenvalue weighted by molar-refractivity contribution is 7.13. The molecule has 2 saturated heterocycles. The van der Waals surface area contributed by atoms with Gasteiger partial charge in [-0.25, -0.2) is 14.8 Å². The first kappa shape index (κ1) is 88.3. The van der Waals surface area contributed by atoms with Crippen LogP contribution in [0.2, 0.25) is 0 Å². The van der Waals surface area contributed by atoms with E-state index in [9.17, 15) is 43.8 Å². The molecule has 0 bridgehead atoms. The molecule has 6 aromatic rings. The minimum Gasteiger partial charge on any atom is -0.391 e. The number of likely N-dealkylation sites (tertiary alicyclic amines) is 2. The number of Topliss-reactive ketones (excluding diaryl/α,β-unsaturated/α-hetero) is 2. The summed E-state index contributed by atoms with van der Waals surface area (Å²) >= 11 is 3.21. The first-order chi connectivity index (χ1) is 49.2. The second kappa shape index (κ2) is 42.9. The highest BCUT2D eigenvalue weighted by Gasteiger charge is 2.45. The maximum absolute atomic E-state index is 13.9. The summed E-state index contributed by atoms with van der Waals surface area (Å²) in [7, 11) is 0. The van der Waals surface area contributed by atoms with E-state index in [1.807, 2.05) is 129 Å². The normalized spacial score (nSPS) is 17.5. The van der Waals surface area contributed by atoms with Gasteiger partial charge in [-0.1, -0.05) is 152 Å². The van der Waals surface area contributed by atoms with Gasteiger partial charge in [-0.2, -0.15) is 0 Å². The van der Waals surface area contributed by atoms with Crippen LogP contribution in [0.4, 0.5) is 4.79 Å². The van der Waals surface area contributed by atoms with Crippen molar-refractivity contribution < 1.29 is 53.2 Å². The van der Waals surface area contributed by atoms with Gasteiger partial charge in [0.2, 0.25) is 23.6 Å². The topological polar surface area (TPSA) is 339 Å². The monoisotopic (exact) mass is 1500 g/mol. The molecule has 6 amide bonds. The standard InChI is InChI=1S/C41H57N5O6S.C23H31N3O3S.C17H28N2O2.ClH/c1-26(9-20-36(42)49)28(3)52-24-31-12-10-29(11-13-31)8-7-21-43-40(51)45-38(41(4,5)6)39(50)46-23-33(47)22-34(46)35(48)19-16-30-14-17-32(18-15-30)37-27(2)44-25-53-37;1-14-20(30-13-25-14)16-8-5-15(6-9-16)7-10-19(28)18-11-17(27)12-26(18)22(29)21(24)23(2,3)4;1-13(5-10-17(19)20)14(2)21-12-16-8-6-15(7-9-16)4-3-11-18;/h10-15,17-18,25-26,28,33-34,38,47H,7-9,16,19-24H2,1-6H3,(H2,42,49)(H2,43,45,51);5-6,8-9,13,17-18,21,27H,7,10-12,24H2,1-4H3;6-9,13-14H,3-5,10-12,18H2,1-2H3,(H2,19,20);1H/t26-,28+,33+,34-,38+;17-,18+,21-;13-,14+;/m010./s1. The molecule has 12 N–H and O–H groups in total. The maximum Gasteiger partial charge on any atom is 0.315 e. The van der Waals surface area contributed by atoms with Gasteiger partial charge in [0.05, 0.1) is 87.9 Å². The second-order valence-electron chi connectivity index (χ2n) is 30.3. The molecule has 0 aliphatic carbocycles. The van der Waals surface area contributed by atoms with Crippen LogP contribution in [0.3, 0.4) is 0 Å². The number of benzene rings is 4. The van der Waals surface area contributed by atoms with Crippen molar-refractivity contribution in [2.45, 2.75) is 235 Å². The number of aromatic nitrogens is 2. The molecule has 2 aliphatic rings. The van der Waals surface area contributed by atoms with Gasteiger partial charge in [0, 0.05) is 58.2 Å². The van der Waals surface area contributed by atoms with E-state index in [1.165, 1.54) is 20.9 Å². The van der Waals surface area contributed by atoms with E-state index in [0.717, 1.165) is 86.8 Å². The first-order valence-corrected chi connectivity index (χ1v) is 38.4. The number of hydrogen-bond acceptors (Lipinski definition) is 17. The summed E-state index contributed by atoms with van der Waals surface area (Å²) in [5.41, 5.74) is 35.6. The molecule has 24 heteroatoms. The fourth-order valence-corrected chi connectivity index (χ4v) is 14.0. The zero-order chi connectivity index (χ0) is 76.4. The summed E-state index contributed by atoms with van der Waals surface area (Å²) in [5.74, 6) is -0.758. The van der Waals surface area contributed by atoms with Gasteiger partial charge in [-0.05, 0) is 153 Å². The number of urea groups is 1. The number of nitrogens with one attached hydrogen (secondary N) is 2. The zero-order valence-electron chi connectivity index (χ0n) is 63.7. The van der Waals surface area contributed by atoms with Crippen molar-refractivity contribution in [1.29, 1.82) is 0 Å². The second-order valence-corrected chi connectivity index (χ2v) is 32.0. The van der Waals surface area contributed by atoms with Crippen LogP contribution in [0.5, 0.6) is 0 Å². The smallest absolute Gasteiger partial charge is 0.315 e. The molecular weight excluding hydrogens is 1390 g/mol. The average Bonchev–Trinajstić information content (AvgIpc) is 1.71. The number of aliphatic hydroxyl groups is 2. The number of primary amides is 2. The maximum atomic E-state index is 13.9. The Morgan fingerprint density at radius 3 is 1.29 bits per heavy atom. The Bertz CT molecular complexity index is 3690. The van der Waals surface area contributed by atoms with Crippen molar-refractivity contribution in [2.75, 3.05) is 26.2 Å². The summed E-state index contributed by atoms with van der Waals surface area (Å²) in [6.45, 7) is 25.9. The lowest BCUT2D eigenvalue weighted by molar-refractivity contribution is -0.141. The summed E-state index contributed by atoms with van der Waals surface area (Å²) < 4.78 is 11.9. The van der Waals surface area contributed by atoms with Crippen LogP contribution in [0.25, 0.3) is 20.9 Å². The van der Waals surface area contributed by atoms with Gasteiger partial charge in [-0.15, -0.1) is 35.1 Å². The predicted octanol–water partition coefficient (Wildman–Crippen LogP) is 11.5.